The molecule has 0 aliphatic rings. The van der Waals surface area contributed by atoms with E-state index in [9.17, 15) is 4.79 Å². The summed E-state index contributed by atoms with van der Waals surface area (Å²) in [5.41, 5.74) is 1.81. The summed E-state index contributed by atoms with van der Waals surface area (Å²) >= 11 is 3.44. The van der Waals surface area contributed by atoms with Crippen molar-refractivity contribution in [2.45, 2.75) is 19.4 Å². The second-order valence-electron chi connectivity index (χ2n) is 5.62. The lowest BCUT2D eigenvalue weighted by atomic mass is 10.0. The van der Waals surface area contributed by atoms with Crippen LogP contribution in [-0.2, 0) is 4.79 Å². The topological polar surface area (TPSA) is 64.2 Å². The Morgan fingerprint density at radius 3 is 2.48 bits per heavy atom. The highest BCUT2D eigenvalue weighted by atomic mass is 79.9. The number of benzene rings is 2. The van der Waals surface area contributed by atoms with Gasteiger partial charge in [0.25, 0.3) is 5.91 Å². The van der Waals surface area contributed by atoms with Gasteiger partial charge in [0.05, 0.1) is 19.9 Å². The average molecular weight is 408 g/mol. The number of hydrogen-bond acceptors (Lipinski definition) is 3. The maximum absolute atomic E-state index is 12.3. The lowest BCUT2D eigenvalue weighted by molar-refractivity contribution is -0.686. The number of halogens is 1. The summed E-state index contributed by atoms with van der Waals surface area (Å²) in [5, 5.41) is 4.94. The van der Waals surface area contributed by atoms with Crippen molar-refractivity contribution in [3.8, 4) is 11.5 Å². The molecular formula is C19H24BrN2O3+. The van der Waals surface area contributed by atoms with Crippen LogP contribution in [-0.4, -0.2) is 26.7 Å². The summed E-state index contributed by atoms with van der Waals surface area (Å²) in [7, 11) is 3.16. The molecule has 0 spiro atoms. The molecule has 2 rings (SSSR count). The SMILES string of the molecule is CC[C@@H]([NH2+]CC(=O)Nc1cc(OC)ccc1OC)c1ccc(Br)cc1. The van der Waals surface area contributed by atoms with E-state index in [2.05, 4.69) is 40.3 Å². The zero-order valence-electron chi connectivity index (χ0n) is 14.7. The molecule has 3 N–H and O–H groups in total. The van der Waals surface area contributed by atoms with Gasteiger partial charge in [0, 0.05) is 22.5 Å². The van der Waals surface area contributed by atoms with Crippen molar-refractivity contribution in [2.24, 2.45) is 0 Å². The van der Waals surface area contributed by atoms with Crippen LogP contribution in [0.25, 0.3) is 0 Å². The van der Waals surface area contributed by atoms with Crippen molar-refractivity contribution in [2.75, 3.05) is 26.1 Å². The Hall–Kier alpha value is -2.05. The number of carbonyl (C=O) groups excluding carboxylic acids is 1. The number of quaternary nitrogens is 1. The Kier molecular flexibility index (Phi) is 7.28. The molecule has 1 atom stereocenters. The number of methoxy groups -OCH3 is 2. The van der Waals surface area contributed by atoms with Crippen molar-refractivity contribution in [1.82, 2.24) is 0 Å². The Labute approximate surface area is 156 Å². The molecule has 2 aromatic carbocycles. The highest BCUT2D eigenvalue weighted by molar-refractivity contribution is 9.10. The van der Waals surface area contributed by atoms with Gasteiger partial charge in [-0.15, -0.1) is 0 Å². The minimum atomic E-state index is -0.0814. The molecule has 0 saturated heterocycles. The smallest absolute Gasteiger partial charge is 0.279 e. The molecule has 0 aromatic heterocycles. The molecule has 6 heteroatoms. The first-order valence-corrected chi connectivity index (χ1v) is 8.97. The van der Waals surface area contributed by atoms with E-state index in [1.807, 2.05) is 17.4 Å². The third-order valence-electron chi connectivity index (χ3n) is 4.01. The van der Waals surface area contributed by atoms with Gasteiger partial charge >= 0.3 is 0 Å². The standard InChI is InChI=1S/C19H23BrN2O3/c1-4-16(13-5-7-14(20)8-6-13)21-12-19(23)22-17-11-15(24-2)9-10-18(17)25-3/h5-11,16,21H,4,12H2,1-3H3,(H,22,23)/p+1/t16-/m1/s1. The lowest BCUT2D eigenvalue weighted by Gasteiger charge is -2.15. The third kappa shape index (κ3) is 5.47. The molecule has 0 fully saturated rings. The summed E-state index contributed by atoms with van der Waals surface area (Å²) in [6.45, 7) is 2.45. The van der Waals surface area contributed by atoms with Gasteiger partial charge in [-0.3, -0.25) is 4.79 Å². The maximum atomic E-state index is 12.3. The Bertz CT molecular complexity index is 704. The van der Waals surface area contributed by atoms with Gasteiger partial charge in [-0.1, -0.05) is 35.0 Å². The van der Waals surface area contributed by atoms with Crippen molar-refractivity contribution < 1.29 is 19.6 Å². The van der Waals surface area contributed by atoms with E-state index in [4.69, 9.17) is 9.47 Å². The second kappa shape index (κ2) is 9.44. The third-order valence-corrected chi connectivity index (χ3v) is 4.54. The molecule has 0 aliphatic heterocycles. The highest BCUT2D eigenvalue weighted by Gasteiger charge is 2.16. The number of amides is 1. The van der Waals surface area contributed by atoms with E-state index in [0.29, 0.717) is 23.7 Å². The highest BCUT2D eigenvalue weighted by Crippen LogP contribution is 2.28. The van der Waals surface area contributed by atoms with Crippen molar-refractivity contribution in [3.63, 3.8) is 0 Å². The fourth-order valence-corrected chi connectivity index (χ4v) is 2.88. The minimum absolute atomic E-state index is 0.0814. The molecular weight excluding hydrogens is 384 g/mol. The number of hydrogen-bond donors (Lipinski definition) is 2. The van der Waals surface area contributed by atoms with Gasteiger partial charge in [0.1, 0.15) is 17.5 Å². The van der Waals surface area contributed by atoms with Gasteiger partial charge in [0.2, 0.25) is 0 Å². The summed E-state index contributed by atoms with van der Waals surface area (Å²) in [6, 6.07) is 13.8. The second-order valence-corrected chi connectivity index (χ2v) is 6.54. The molecule has 0 heterocycles. The van der Waals surface area contributed by atoms with E-state index in [1.54, 1.807) is 32.4 Å². The molecule has 0 saturated carbocycles. The fraction of sp³-hybridized carbons (Fsp3) is 0.316. The van der Waals surface area contributed by atoms with E-state index in [1.165, 1.54) is 5.56 Å². The maximum Gasteiger partial charge on any atom is 0.279 e. The Balaban J connectivity index is 1.98. The van der Waals surface area contributed by atoms with Gasteiger partial charge in [-0.25, -0.2) is 0 Å². The van der Waals surface area contributed by atoms with Crippen LogP contribution in [0.2, 0.25) is 0 Å². The monoisotopic (exact) mass is 407 g/mol. The van der Waals surface area contributed by atoms with E-state index in [0.717, 1.165) is 10.9 Å². The van der Waals surface area contributed by atoms with Crippen LogP contribution in [0.15, 0.2) is 46.9 Å². The minimum Gasteiger partial charge on any atom is -0.497 e. The summed E-state index contributed by atoms with van der Waals surface area (Å²) < 4.78 is 11.5. The van der Waals surface area contributed by atoms with Crippen molar-refractivity contribution >= 4 is 27.5 Å². The predicted molar refractivity (Wildman–Crippen MR) is 102 cm³/mol. The van der Waals surface area contributed by atoms with Crippen LogP contribution in [0, 0.1) is 0 Å². The summed E-state index contributed by atoms with van der Waals surface area (Å²) in [4.78, 5) is 12.3. The van der Waals surface area contributed by atoms with Crippen molar-refractivity contribution in [1.29, 1.82) is 0 Å². The molecule has 5 nitrogen and oxygen atoms in total. The number of anilines is 1. The molecule has 0 aliphatic carbocycles. The fourth-order valence-electron chi connectivity index (χ4n) is 2.61. The summed E-state index contributed by atoms with van der Waals surface area (Å²) in [5.74, 6) is 1.19. The van der Waals surface area contributed by atoms with Crippen LogP contribution in [0.5, 0.6) is 11.5 Å². The van der Waals surface area contributed by atoms with Crippen LogP contribution < -0.4 is 20.1 Å². The van der Waals surface area contributed by atoms with Crippen LogP contribution in [0.1, 0.15) is 24.9 Å². The zero-order valence-corrected chi connectivity index (χ0v) is 16.3. The van der Waals surface area contributed by atoms with Gasteiger partial charge < -0.3 is 20.1 Å². The van der Waals surface area contributed by atoms with E-state index in [-0.39, 0.29) is 11.9 Å². The molecule has 134 valence electrons. The largest absolute Gasteiger partial charge is 0.497 e. The molecule has 2 aromatic rings. The molecule has 0 unspecified atom stereocenters. The van der Waals surface area contributed by atoms with Gasteiger partial charge in [0.15, 0.2) is 6.54 Å². The van der Waals surface area contributed by atoms with E-state index >= 15 is 0 Å². The number of ether oxygens (including phenoxy) is 2. The first-order valence-electron chi connectivity index (χ1n) is 8.18. The van der Waals surface area contributed by atoms with Crippen LogP contribution in [0.3, 0.4) is 0 Å². The van der Waals surface area contributed by atoms with Crippen LogP contribution in [0.4, 0.5) is 5.69 Å². The number of nitrogens with two attached hydrogens (primary N) is 1. The Morgan fingerprint density at radius 1 is 1.16 bits per heavy atom. The van der Waals surface area contributed by atoms with E-state index < -0.39 is 0 Å². The quantitative estimate of drug-likeness (QED) is 0.706. The number of rotatable bonds is 8. The van der Waals surface area contributed by atoms with Crippen LogP contribution >= 0.6 is 15.9 Å². The summed E-state index contributed by atoms with van der Waals surface area (Å²) in [6.07, 6.45) is 0.942. The molecule has 1 amide bonds. The van der Waals surface area contributed by atoms with Gasteiger partial charge in [-0.2, -0.15) is 0 Å². The normalized spacial score (nSPS) is 11.7. The first-order chi connectivity index (χ1) is 12.1. The zero-order chi connectivity index (χ0) is 18.2. The average Bonchev–Trinajstić information content (AvgIpc) is 2.63. The lowest BCUT2D eigenvalue weighted by Crippen LogP contribution is -2.87. The first kappa shape index (κ1) is 19.3. The Morgan fingerprint density at radius 2 is 1.88 bits per heavy atom. The number of nitrogens with one attached hydrogen (secondary N) is 1. The predicted octanol–water partition coefficient (Wildman–Crippen LogP) is 3.12. The molecule has 0 bridgehead atoms. The van der Waals surface area contributed by atoms with Crippen molar-refractivity contribution in [3.05, 3.63) is 52.5 Å². The molecule has 25 heavy (non-hydrogen) atoms. The number of carbonyl (C=O) groups is 1. The van der Waals surface area contributed by atoms with Gasteiger partial charge in [-0.05, 0) is 24.3 Å². The molecule has 0 radical (unpaired) electrons.